The summed E-state index contributed by atoms with van der Waals surface area (Å²) in [5.41, 5.74) is 0.236. The SMILES string of the molecule is O=C(CC(=O)C(=O)c1ccccc1)Oc1ccc(O)cc1. The van der Waals surface area contributed by atoms with Crippen LogP contribution in [0.2, 0.25) is 0 Å². The number of phenols is 1. The number of hydrogen-bond donors (Lipinski definition) is 1. The van der Waals surface area contributed by atoms with Crippen LogP contribution in [-0.4, -0.2) is 22.6 Å². The lowest BCUT2D eigenvalue weighted by molar-refractivity contribution is -0.137. The Labute approximate surface area is 120 Å². The number of hydrogen-bond acceptors (Lipinski definition) is 5. The monoisotopic (exact) mass is 284 g/mol. The lowest BCUT2D eigenvalue weighted by Gasteiger charge is -2.03. The van der Waals surface area contributed by atoms with Crippen LogP contribution < -0.4 is 4.74 Å². The van der Waals surface area contributed by atoms with Gasteiger partial charge in [0.1, 0.15) is 17.9 Å². The van der Waals surface area contributed by atoms with E-state index >= 15 is 0 Å². The average molecular weight is 284 g/mol. The zero-order chi connectivity index (χ0) is 15.2. The normalized spacial score (nSPS) is 9.90. The second kappa shape index (κ2) is 6.47. The zero-order valence-corrected chi connectivity index (χ0v) is 11.0. The van der Waals surface area contributed by atoms with Crippen molar-refractivity contribution in [3.05, 3.63) is 60.2 Å². The first kappa shape index (κ1) is 14.5. The van der Waals surface area contributed by atoms with Crippen molar-refractivity contribution in [1.82, 2.24) is 0 Å². The van der Waals surface area contributed by atoms with Gasteiger partial charge in [0.05, 0.1) is 0 Å². The van der Waals surface area contributed by atoms with Gasteiger partial charge >= 0.3 is 5.97 Å². The molecule has 21 heavy (non-hydrogen) atoms. The Bertz CT molecular complexity index is 659. The number of ketones is 2. The Morgan fingerprint density at radius 2 is 1.52 bits per heavy atom. The smallest absolute Gasteiger partial charge is 0.319 e. The Balaban J connectivity index is 1.95. The number of benzene rings is 2. The first-order valence-electron chi connectivity index (χ1n) is 6.18. The van der Waals surface area contributed by atoms with Crippen LogP contribution >= 0.6 is 0 Å². The van der Waals surface area contributed by atoms with Crippen molar-refractivity contribution >= 4 is 17.5 Å². The van der Waals surface area contributed by atoms with Crippen LogP contribution in [0, 0.1) is 0 Å². The third-order valence-electron chi connectivity index (χ3n) is 2.66. The fourth-order valence-corrected chi connectivity index (χ4v) is 1.64. The van der Waals surface area contributed by atoms with Gasteiger partial charge in [0, 0.05) is 5.56 Å². The van der Waals surface area contributed by atoms with Crippen LogP contribution in [0.15, 0.2) is 54.6 Å². The minimum atomic E-state index is -0.829. The summed E-state index contributed by atoms with van der Waals surface area (Å²) in [6.07, 6.45) is -0.630. The minimum absolute atomic E-state index is 0.0325. The van der Waals surface area contributed by atoms with E-state index in [9.17, 15) is 14.4 Å². The van der Waals surface area contributed by atoms with Gasteiger partial charge < -0.3 is 9.84 Å². The van der Waals surface area contributed by atoms with E-state index in [1.54, 1.807) is 18.2 Å². The molecule has 0 heterocycles. The quantitative estimate of drug-likeness (QED) is 0.299. The van der Waals surface area contributed by atoms with Gasteiger partial charge in [0.25, 0.3) is 0 Å². The van der Waals surface area contributed by atoms with Gasteiger partial charge in [-0.1, -0.05) is 30.3 Å². The molecule has 5 nitrogen and oxygen atoms in total. The van der Waals surface area contributed by atoms with E-state index in [1.807, 2.05) is 0 Å². The van der Waals surface area contributed by atoms with Crippen LogP contribution in [0.3, 0.4) is 0 Å². The van der Waals surface area contributed by atoms with Crippen LogP contribution in [0.1, 0.15) is 16.8 Å². The summed E-state index contributed by atoms with van der Waals surface area (Å²) < 4.78 is 4.90. The summed E-state index contributed by atoms with van der Waals surface area (Å²) >= 11 is 0. The molecule has 0 aliphatic carbocycles. The maximum absolute atomic E-state index is 11.8. The number of phenolic OH excluding ortho intramolecular Hbond substituents is 1. The van der Waals surface area contributed by atoms with Crippen LogP contribution in [0.4, 0.5) is 0 Å². The molecule has 0 radical (unpaired) electrons. The van der Waals surface area contributed by atoms with Gasteiger partial charge in [-0.2, -0.15) is 0 Å². The molecule has 2 aromatic rings. The van der Waals surface area contributed by atoms with E-state index in [0.29, 0.717) is 0 Å². The summed E-state index contributed by atoms with van der Waals surface area (Å²) in [6.45, 7) is 0. The van der Waals surface area contributed by atoms with Crippen LogP contribution in [-0.2, 0) is 9.59 Å². The van der Waals surface area contributed by atoms with Crippen molar-refractivity contribution in [2.24, 2.45) is 0 Å². The third-order valence-corrected chi connectivity index (χ3v) is 2.66. The number of carbonyl (C=O) groups is 3. The highest BCUT2D eigenvalue weighted by atomic mass is 16.5. The third kappa shape index (κ3) is 4.01. The fraction of sp³-hybridized carbons (Fsp3) is 0.0625. The summed E-state index contributed by atoms with van der Waals surface area (Å²) in [6, 6.07) is 13.5. The van der Waals surface area contributed by atoms with E-state index in [0.717, 1.165) is 0 Å². The van der Waals surface area contributed by atoms with Gasteiger partial charge in [0.2, 0.25) is 11.6 Å². The van der Waals surface area contributed by atoms with E-state index in [4.69, 9.17) is 9.84 Å². The predicted octanol–water partition coefficient (Wildman–Crippen LogP) is 2.14. The average Bonchev–Trinajstić information content (AvgIpc) is 2.49. The predicted molar refractivity (Wildman–Crippen MR) is 74.1 cm³/mol. The fourth-order valence-electron chi connectivity index (χ4n) is 1.64. The van der Waals surface area contributed by atoms with Gasteiger partial charge in [-0.15, -0.1) is 0 Å². The molecular weight excluding hydrogens is 272 g/mol. The van der Waals surface area contributed by atoms with Crippen molar-refractivity contribution in [2.45, 2.75) is 6.42 Å². The van der Waals surface area contributed by atoms with Crippen LogP contribution in [0.25, 0.3) is 0 Å². The number of carbonyl (C=O) groups excluding carboxylic acids is 3. The van der Waals surface area contributed by atoms with Gasteiger partial charge in [-0.25, -0.2) is 0 Å². The van der Waals surface area contributed by atoms with Gasteiger partial charge in [-0.3, -0.25) is 14.4 Å². The van der Waals surface area contributed by atoms with E-state index in [-0.39, 0.29) is 17.1 Å². The molecule has 0 fully saturated rings. The number of esters is 1. The highest BCUT2D eigenvalue weighted by Crippen LogP contribution is 2.16. The molecule has 0 aromatic heterocycles. The minimum Gasteiger partial charge on any atom is -0.508 e. The first-order chi connectivity index (χ1) is 10.1. The maximum Gasteiger partial charge on any atom is 0.319 e. The molecule has 5 heteroatoms. The van der Waals surface area contributed by atoms with Gasteiger partial charge in [-0.05, 0) is 24.3 Å². The Hall–Kier alpha value is -2.95. The van der Waals surface area contributed by atoms with E-state index in [2.05, 4.69) is 0 Å². The molecule has 0 bridgehead atoms. The Kier molecular flexibility index (Phi) is 4.46. The molecule has 0 saturated carbocycles. The molecule has 2 rings (SSSR count). The lowest BCUT2D eigenvalue weighted by atomic mass is 10.1. The lowest BCUT2D eigenvalue weighted by Crippen LogP contribution is -2.21. The molecule has 0 aliphatic heterocycles. The summed E-state index contributed by atoms with van der Waals surface area (Å²) in [5, 5.41) is 9.10. The molecule has 106 valence electrons. The maximum atomic E-state index is 11.8. The summed E-state index contributed by atoms with van der Waals surface area (Å²) in [5.74, 6) is -2.15. The second-order valence-corrected chi connectivity index (χ2v) is 4.26. The Morgan fingerprint density at radius 1 is 0.905 bits per heavy atom. The highest BCUT2D eigenvalue weighted by molar-refractivity contribution is 6.45. The van der Waals surface area contributed by atoms with Crippen molar-refractivity contribution in [2.75, 3.05) is 0 Å². The molecule has 0 atom stereocenters. The van der Waals surface area contributed by atoms with Crippen molar-refractivity contribution in [1.29, 1.82) is 0 Å². The summed E-state index contributed by atoms with van der Waals surface area (Å²) in [4.78, 5) is 35.1. The second-order valence-electron chi connectivity index (χ2n) is 4.26. The van der Waals surface area contributed by atoms with Crippen LogP contribution in [0.5, 0.6) is 11.5 Å². The highest BCUT2D eigenvalue weighted by Gasteiger charge is 2.20. The first-order valence-corrected chi connectivity index (χ1v) is 6.18. The molecule has 0 spiro atoms. The Morgan fingerprint density at radius 3 is 2.14 bits per heavy atom. The molecule has 0 aliphatic rings. The molecule has 0 unspecified atom stereocenters. The van der Waals surface area contributed by atoms with E-state index < -0.39 is 24.0 Å². The standard InChI is InChI=1S/C16H12O5/c17-12-6-8-13(9-7-12)21-15(19)10-14(18)16(20)11-4-2-1-3-5-11/h1-9,17H,10H2. The molecular formula is C16H12O5. The largest absolute Gasteiger partial charge is 0.508 e. The van der Waals surface area contributed by atoms with Crippen molar-refractivity contribution in [3.8, 4) is 11.5 Å². The number of rotatable bonds is 5. The summed E-state index contributed by atoms with van der Waals surface area (Å²) in [7, 11) is 0. The number of Topliss-reactive ketones (excluding diaryl/α,β-unsaturated/α-hetero) is 2. The van der Waals surface area contributed by atoms with E-state index in [1.165, 1.54) is 36.4 Å². The molecule has 0 saturated heterocycles. The number of aromatic hydroxyl groups is 1. The zero-order valence-electron chi connectivity index (χ0n) is 11.0. The van der Waals surface area contributed by atoms with Crippen molar-refractivity contribution in [3.63, 3.8) is 0 Å². The molecule has 0 amide bonds. The van der Waals surface area contributed by atoms with Crippen molar-refractivity contribution < 1.29 is 24.2 Å². The van der Waals surface area contributed by atoms with Gasteiger partial charge in [0.15, 0.2) is 0 Å². The number of ether oxygens (including phenoxy) is 1. The molecule has 2 aromatic carbocycles. The molecule has 1 N–H and O–H groups in total. The topological polar surface area (TPSA) is 80.7 Å².